The van der Waals surface area contributed by atoms with Crippen LogP contribution in [0.15, 0.2) is 77.7 Å². The third-order valence-electron chi connectivity index (χ3n) is 6.37. The summed E-state index contributed by atoms with van der Waals surface area (Å²) in [7, 11) is -3.87. The molecule has 1 aliphatic rings. The van der Waals surface area contributed by atoms with Crippen LogP contribution >= 0.6 is 0 Å². The van der Waals surface area contributed by atoms with E-state index in [9.17, 15) is 17.2 Å². The lowest BCUT2D eigenvalue weighted by atomic mass is 10.2. The number of ether oxygens (including phenoxy) is 1. The molecule has 4 rings (SSSR count). The van der Waals surface area contributed by atoms with Gasteiger partial charge in [0.2, 0.25) is 10.0 Å². The highest BCUT2D eigenvalue weighted by Crippen LogP contribution is 2.22. The first kappa shape index (κ1) is 27.3. The summed E-state index contributed by atoms with van der Waals surface area (Å²) in [4.78, 5) is 2.57. The van der Waals surface area contributed by atoms with Crippen LogP contribution in [0.2, 0.25) is 0 Å². The summed E-state index contributed by atoms with van der Waals surface area (Å²) >= 11 is 0. The molecule has 3 aromatic rings. The van der Waals surface area contributed by atoms with Crippen LogP contribution in [0.3, 0.4) is 0 Å². The summed E-state index contributed by atoms with van der Waals surface area (Å²) in [6.45, 7) is 6.25. The lowest BCUT2D eigenvalue weighted by Gasteiger charge is -2.26. The molecule has 0 aromatic heterocycles. The fourth-order valence-electron chi connectivity index (χ4n) is 4.23. The quantitative estimate of drug-likeness (QED) is 0.357. The SMILES string of the molecule is O=S(=O)(c1ccc(CNCCCN2CCOCC2)cc1)N(Cc1ccc(F)cc1)Cc1ccc(F)cc1. The fraction of sp³-hybridized carbons (Fsp3) is 0.357. The number of hydrogen-bond acceptors (Lipinski definition) is 5. The first-order valence-corrected chi connectivity index (χ1v) is 13.9. The lowest BCUT2D eigenvalue weighted by molar-refractivity contribution is 0.0374. The zero-order valence-electron chi connectivity index (χ0n) is 20.8. The molecule has 1 N–H and O–H groups in total. The average molecular weight is 530 g/mol. The monoisotopic (exact) mass is 529 g/mol. The van der Waals surface area contributed by atoms with Gasteiger partial charge in [-0.1, -0.05) is 36.4 Å². The maximum absolute atomic E-state index is 13.6. The fourth-order valence-corrected chi connectivity index (χ4v) is 5.64. The van der Waals surface area contributed by atoms with Crippen molar-refractivity contribution in [3.63, 3.8) is 0 Å². The second-order valence-corrected chi connectivity index (χ2v) is 11.1. The Morgan fingerprint density at radius 2 is 1.30 bits per heavy atom. The smallest absolute Gasteiger partial charge is 0.243 e. The third kappa shape index (κ3) is 8.15. The van der Waals surface area contributed by atoms with Gasteiger partial charge in [-0.25, -0.2) is 17.2 Å². The zero-order chi connectivity index (χ0) is 26.1. The number of nitrogens with one attached hydrogen (secondary N) is 1. The van der Waals surface area contributed by atoms with Gasteiger partial charge in [-0.05, 0) is 72.6 Å². The molecular formula is C28H33F2N3O3S. The number of halogens is 2. The molecule has 0 unspecified atom stereocenters. The first-order chi connectivity index (χ1) is 17.9. The number of rotatable bonds is 12. The molecule has 37 heavy (non-hydrogen) atoms. The van der Waals surface area contributed by atoms with Gasteiger partial charge in [-0.15, -0.1) is 0 Å². The highest BCUT2D eigenvalue weighted by molar-refractivity contribution is 7.89. The van der Waals surface area contributed by atoms with Gasteiger partial charge in [0, 0.05) is 32.7 Å². The Morgan fingerprint density at radius 1 is 0.784 bits per heavy atom. The molecule has 1 heterocycles. The van der Waals surface area contributed by atoms with E-state index in [0.717, 1.165) is 51.4 Å². The topological polar surface area (TPSA) is 61.9 Å². The van der Waals surface area contributed by atoms with E-state index in [1.165, 1.54) is 28.6 Å². The summed E-state index contributed by atoms with van der Waals surface area (Å²) in [5.74, 6) is -0.774. The molecule has 0 spiro atoms. The molecule has 0 saturated carbocycles. The van der Waals surface area contributed by atoms with E-state index in [1.54, 1.807) is 36.4 Å². The normalized spacial score (nSPS) is 14.8. The van der Waals surface area contributed by atoms with E-state index in [1.807, 2.05) is 12.1 Å². The Hall–Kier alpha value is -2.69. The highest BCUT2D eigenvalue weighted by atomic mass is 32.2. The summed E-state index contributed by atoms with van der Waals surface area (Å²) in [6.07, 6.45) is 1.04. The predicted octanol–water partition coefficient (Wildman–Crippen LogP) is 4.17. The van der Waals surface area contributed by atoms with Crippen molar-refractivity contribution >= 4 is 10.0 Å². The third-order valence-corrected chi connectivity index (χ3v) is 8.17. The van der Waals surface area contributed by atoms with Gasteiger partial charge in [-0.3, -0.25) is 4.90 Å². The van der Waals surface area contributed by atoms with Crippen LogP contribution in [0.1, 0.15) is 23.1 Å². The van der Waals surface area contributed by atoms with Crippen molar-refractivity contribution in [2.45, 2.75) is 31.0 Å². The predicted molar refractivity (Wildman–Crippen MR) is 139 cm³/mol. The Bertz CT molecular complexity index is 1170. The molecule has 0 amide bonds. The summed E-state index contributed by atoms with van der Waals surface area (Å²) in [5, 5.41) is 3.42. The van der Waals surface area contributed by atoms with E-state index >= 15 is 0 Å². The van der Waals surface area contributed by atoms with E-state index in [2.05, 4.69) is 10.2 Å². The minimum atomic E-state index is -3.87. The van der Waals surface area contributed by atoms with Gasteiger partial charge in [0.05, 0.1) is 18.1 Å². The molecule has 0 aliphatic carbocycles. The summed E-state index contributed by atoms with van der Waals surface area (Å²) < 4.78 is 60.6. The van der Waals surface area contributed by atoms with Gasteiger partial charge in [0.15, 0.2) is 0 Å². The molecule has 3 aromatic carbocycles. The number of hydrogen-bond donors (Lipinski definition) is 1. The van der Waals surface area contributed by atoms with Gasteiger partial charge >= 0.3 is 0 Å². The van der Waals surface area contributed by atoms with Gasteiger partial charge in [0.25, 0.3) is 0 Å². The molecule has 9 heteroatoms. The van der Waals surface area contributed by atoms with Crippen molar-refractivity contribution in [3.05, 3.63) is 101 Å². The molecule has 1 aliphatic heterocycles. The first-order valence-electron chi connectivity index (χ1n) is 12.5. The Morgan fingerprint density at radius 3 is 1.84 bits per heavy atom. The van der Waals surface area contributed by atoms with Gasteiger partial charge in [0.1, 0.15) is 11.6 Å². The molecule has 0 atom stereocenters. The van der Waals surface area contributed by atoms with E-state index in [0.29, 0.717) is 17.7 Å². The van der Waals surface area contributed by atoms with E-state index in [4.69, 9.17) is 4.74 Å². The van der Waals surface area contributed by atoms with Crippen LogP contribution < -0.4 is 5.32 Å². The van der Waals surface area contributed by atoms with Crippen molar-refractivity contribution in [1.82, 2.24) is 14.5 Å². The number of morpholine rings is 1. The Kier molecular flexibility index (Phi) is 9.76. The minimum Gasteiger partial charge on any atom is -0.379 e. The van der Waals surface area contributed by atoms with Crippen molar-refractivity contribution in [2.75, 3.05) is 39.4 Å². The molecule has 6 nitrogen and oxygen atoms in total. The zero-order valence-corrected chi connectivity index (χ0v) is 21.6. The van der Waals surface area contributed by atoms with E-state index < -0.39 is 10.0 Å². The van der Waals surface area contributed by atoms with Crippen molar-refractivity contribution in [3.8, 4) is 0 Å². The second kappa shape index (κ2) is 13.2. The van der Waals surface area contributed by atoms with Crippen LogP contribution in [0.25, 0.3) is 0 Å². The Labute approximate surface area is 217 Å². The molecule has 198 valence electrons. The molecule has 1 saturated heterocycles. The van der Waals surface area contributed by atoms with Gasteiger partial charge < -0.3 is 10.1 Å². The van der Waals surface area contributed by atoms with Crippen LogP contribution in [0, 0.1) is 11.6 Å². The average Bonchev–Trinajstić information content (AvgIpc) is 2.91. The van der Waals surface area contributed by atoms with Crippen molar-refractivity contribution < 1.29 is 21.9 Å². The maximum Gasteiger partial charge on any atom is 0.243 e. The maximum atomic E-state index is 13.6. The molecule has 0 radical (unpaired) electrons. The molecule has 0 bridgehead atoms. The van der Waals surface area contributed by atoms with Crippen LogP contribution in [-0.2, 0) is 34.4 Å². The summed E-state index contributed by atoms with van der Waals surface area (Å²) in [5.41, 5.74) is 2.31. The standard InChI is InChI=1S/C28H33F2N3O3S/c29-26-8-2-24(3-9-26)21-33(22-25-4-10-27(30)11-5-25)37(34,35)28-12-6-23(7-13-28)20-31-14-1-15-32-16-18-36-19-17-32/h2-13,31H,1,14-22H2. The van der Waals surface area contributed by atoms with Crippen molar-refractivity contribution in [2.24, 2.45) is 0 Å². The number of nitrogens with zero attached hydrogens (tertiary/aromatic N) is 2. The summed E-state index contributed by atoms with van der Waals surface area (Å²) in [6, 6.07) is 18.3. The second-order valence-electron chi connectivity index (χ2n) is 9.15. The Balaban J connectivity index is 1.39. The molecule has 1 fully saturated rings. The van der Waals surface area contributed by atoms with Crippen molar-refractivity contribution in [1.29, 1.82) is 0 Å². The van der Waals surface area contributed by atoms with Crippen LogP contribution in [0.5, 0.6) is 0 Å². The van der Waals surface area contributed by atoms with Crippen LogP contribution in [-0.4, -0.2) is 57.0 Å². The van der Waals surface area contributed by atoms with Crippen LogP contribution in [0.4, 0.5) is 8.78 Å². The number of sulfonamides is 1. The number of benzene rings is 3. The van der Waals surface area contributed by atoms with Gasteiger partial charge in [-0.2, -0.15) is 4.31 Å². The largest absolute Gasteiger partial charge is 0.379 e. The minimum absolute atomic E-state index is 0.0619. The lowest BCUT2D eigenvalue weighted by Crippen LogP contribution is -2.37. The highest BCUT2D eigenvalue weighted by Gasteiger charge is 2.25. The van der Waals surface area contributed by atoms with E-state index in [-0.39, 0.29) is 29.6 Å². The molecular weight excluding hydrogens is 496 g/mol.